The molecule has 0 bridgehead atoms. The molecule has 2 aromatic rings. The second-order valence-corrected chi connectivity index (χ2v) is 9.73. The van der Waals surface area contributed by atoms with Gasteiger partial charge in [0.25, 0.3) is 5.91 Å². The second-order valence-electron chi connectivity index (χ2n) is 8.08. The highest BCUT2D eigenvalue weighted by Gasteiger charge is 2.66. The van der Waals surface area contributed by atoms with Crippen LogP contribution in [0.15, 0.2) is 60.7 Å². The quantitative estimate of drug-likeness (QED) is 0.445. The number of fused-ring (bicyclic) bond motifs is 1. The number of carbonyl (C=O) groups excluding carboxylic acids is 4. The number of amides is 2. The number of nitrogens with zero attached hydrogens (tertiary/aromatic N) is 1. The Morgan fingerprint density at radius 1 is 1.06 bits per heavy atom. The van der Waals surface area contributed by atoms with Gasteiger partial charge in [0.1, 0.15) is 29.8 Å². The Labute approximate surface area is 200 Å². The van der Waals surface area contributed by atoms with Crippen molar-refractivity contribution in [3.8, 4) is 5.75 Å². The summed E-state index contributed by atoms with van der Waals surface area (Å²) in [7, 11) is 1.24. The molecule has 2 heterocycles. The van der Waals surface area contributed by atoms with E-state index in [1.165, 1.54) is 23.8 Å². The van der Waals surface area contributed by atoms with Crippen molar-refractivity contribution < 1.29 is 33.4 Å². The number of carbonyl (C=O) groups is 4. The molecule has 0 aromatic heterocycles. The molecule has 178 valence electrons. The molecule has 4 rings (SSSR count). The number of thioether (sulfide) groups is 1. The van der Waals surface area contributed by atoms with Gasteiger partial charge in [0, 0.05) is 0 Å². The van der Waals surface area contributed by atoms with Gasteiger partial charge in [-0.15, -0.1) is 11.8 Å². The number of rotatable bonds is 8. The van der Waals surface area contributed by atoms with Crippen molar-refractivity contribution in [2.75, 3.05) is 20.3 Å². The minimum Gasteiger partial charge on any atom is -0.484 e. The van der Waals surface area contributed by atoms with E-state index in [0.29, 0.717) is 11.3 Å². The molecular formula is C24H24N2O7S. The molecule has 0 spiro atoms. The summed E-state index contributed by atoms with van der Waals surface area (Å²) >= 11 is 1.29. The minimum absolute atomic E-state index is 0.122. The summed E-state index contributed by atoms with van der Waals surface area (Å²) in [5, 5.41) is 2.18. The van der Waals surface area contributed by atoms with E-state index in [1.54, 1.807) is 61.5 Å². The zero-order valence-electron chi connectivity index (χ0n) is 18.6. The number of β-lactam (4-membered cyclic amide) rings is 1. The van der Waals surface area contributed by atoms with Gasteiger partial charge in [0.05, 0.1) is 17.4 Å². The minimum atomic E-state index is -0.961. The Hall–Kier alpha value is -3.53. The van der Waals surface area contributed by atoms with Crippen LogP contribution >= 0.6 is 11.8 Å². The monoisotopic (exact) mass is 484 g/mol. The predicted molar refractivity (Wildman–Crippen MR) is 123 cm³/mol. The van der Waals surface area contributed by atoms with Crippen LogP contribution in [0, 0.1) is 0 Å². The molecule has 34 heavy (non-hydrogen) atoms. The van der Waals surface area contributed by atoms with E-state index in [0.717, 1.165) is 0 Å². The molecule has 0 aliphatic carbocycles. The maximum absolute atomic E-state index is 12.9. The SMILES string of the molecule is COC(=O)C1N2C(=O)C(NC(=O)COc3ccccc3)[C@H]2S[C@@]1(C)COC(=O)c1ccccc1. The Morgan fingerprint density at radius 2 is 1.71 bits per heavy atom. The lowest BCUT2D eigenvalue weighted by atomic mass is 9.95. The summed E-state index contributed by atoms with van der Waals surface area (Å²) in [5.74, 6) is -1.47. The van der Waals surface area contributed by atoms with E-state index in [4.69, 9.17) is 14.2 Å². The molecule has 2 aromatic carbocycles. The fraction of sp³-hybridized carbons (Fsp3) is 0.333. The first kappa shape index (κ1) is 23.6. The highest BCUT2D eigenvalue weighted by Crippen LogP contribution is 2.51. The molecule has 0 radical (unpaired) electrons. The molecule has 2 saturated heterocycles. The fourth-order valence-corrected chi connectivity index (χ4v) is 5.66. The molecule has 1 N–H and O–H groups in total. The van der Waals surface area contributed by atoms with Gasteiger partial charge in [0.15, 0.2) is 6.61 Å². The van der Waals surface area contributed by atoms with E-state index in [9.17, 15) is 19.2 Å². The normalized spacial score (nSPS) is 25.1. The van der Waals surface area contributed by atoms with Gasteiger partial charge in [-0.1, -0.05) is 36.4 Å². The molecule has 9 nitrogen and oxygen atoms in total. The van der Waals surface area contributed by atoms with Crippen LogP contribution in [0.1, 0.15) is 17.3 Å². The van der Waals surface area contributed by atoms with Crippen LogP contribution in [0.2, 0.25) is 0 Å². The van der Waals surface area contributed by atoms with Gasteiger partial charge in [-0.05, 0) is 31.2 Å². The zero-order chi connectivity index (χ0) is 24.3. The Bertz CT molecular complexity index is 1080. The van der Waals surface area contributed by atoms with Crippen LogP contribution in [-0.4, -0.2) is 71.2 Å². The molecule has 0 saturated carbocycles. The van der Waals surface area contributed by atoms with E-state index in [2.05, 4.69) is 5.32 Å². The summed E-state index contributed by atoms with van der Waals surface area (Å²) in [6.45, 7) is 1.36. The molecule has 2 amide bonds. The maximum atomic E-state index is 12.9. The number of nitrogens with one attached hydrogen (secondary N) is 1. The number of benzene rings is 2. The predicted octanol–water partition coefficient (Wildman–Crippen LogP) is 1.62. The summed E-state index contributed by atoms with van der Waals surface area (Å²) in [4.78, 5) is 51.7. The van der Waals surface area contributed by atoms with Crippen molar-refractivity contribution in [1.29, 1.82) is 0 Å². The fourth-order valence-electron chi connectivity index (χ4n) is 3.99. The first-order chi connectivity index (χ1) is 16.3. The average Bonchev–Trinajstić information content (AvgIpc) is 3.15. The van der Waals surface area contributed by atoms with Crippen molar-refractivity contribution in [2.45, 2.75) is 29.1 Å². The van der Waals surface area contributed by atoms with E-state index in [-0.39, 0.29) is 13.2 Å². The second kappa shape index (κ2) is 9.76. The van der Waals surface area contributed by atoms with Crippen LogP contribution in [0.5, 0.6) is 5.75 Å². The van der Waals surface area contributed by atoms with Gasteiger partial charge in [-0.2, -0.15) is 0 Å². The number of esters is 2. The topological polar surface area (TPSA) is 111 Å². The zero-order valence-corrected chi connectivity index (χ0v) is 19.4. The summed E-state index contributed by atoms with van der Waals surface area (Å²) in [6.07, 6.45) is 0. The Kier molecular flexibility index (Phi) is 6.78. The lowest BCUT2D eigenvalue weighted by molar-refractivity contribution is -0.163. The van der Waals surface area contributed by atoms with Crippen molar-refractivity contribution >= 4 is 35.5 Å². The average molecular weight is 485 g/mol. The van der Waals surface area contributed by atoms with Crippen LogP contribution < -0.4 is 10.1 Å². The largest absolute Gasteiger partial charge is 0.484 e. The summed E-state index contributed by atoms with van der Waals surface area (Å²) in [5.41, 5.74) is 0.381. The maximum Gasteiger partial charge on any atom is 0.338 e. The third-order valence-corrected chi connectivity index (χ3v) is 7.30. The molecule has 2 unspecified atom stereocenters. The number of hydrogen-bond donors (Lipinski definition) is 1. The number of methoxy groups -OCH3 is 1. The Morgan fingerprint density at radius 3 is 2.35 bits per heavy atom. The van der Waals surface area contributed by atoms with Crippen molar-refractivity contribution in [3.05, 3.63) is 66.2 Å². The van der Waals surface area contributed by atoms with Gasteiger partial charge in [0.2, 0.25) is 5.91 Å². The van der Waals surface area contributed by atoms with Gasteiger partial charge >= 0.3 is 11.9 Å². The Balaban J connectivity index is 1.41. The lowest BCUT2D eigenvalue weighted by Gasteiger charge is -2.43. The third-order valence-electron chi connectivity index (χ3n) is 5.68. The van der Waals surface area contributed by atoms with Crippen molar-refractivity contribution in [2.24, 2.45) is 0 Å². The first-order valence-electron chi connectivity index (χ1n) is 10.6. The van der Waals surface area contributed by atoms with E-state index < -0.39 is 46.0 Å². The summed E-state index contributed by atoms with van der Waals surface area (Å²) in [6, 6.07) is 15.5. The number of ether oxygens (including phenoxy) is 3. The van der Waals surface area contributed by atoms with Crippen LogP contribution in [0.4, 0.5) is 0 Å². The van der Waals surface area contributed by atoms with Gasteiger partial charge in [-0.3, -0.25) is 9.59 Å². The molecule has 2 fully saturated rings. The van der Waals surface area contributed by atoms with Crippen LogP contribution in [0.3, 0.4) is 0 Å². The van der Waals surface area contributed by atoms with Gasteiger partial charge < -0.3 is 24.4 Å². The number of para-hydroxylation sites is 1. The summed E-state index contributed by atoms with van der Waals surface area (Å²) < 4.78 is 14.9. The van der Waals surface area contributed by atoms with Gasteiger partial charge in [-0.25, -0.2) is 9.59 Å². The van der Waals surface area contributed by atoms with Crippen molar-refractivity contribution in [1.82, 2.24) is 10.2 Å². The molecule has 10 heteroatoms. The smallest absolute Gasteiger partial charge is 0.338 e. The number of hydrogen-bond acceptors (Lipinski definition) is 8. The molecule has 2 aliphatic rings. The van der Waals surface area contributed by atoms with Crippen molar-refractivity contribution in [3.63, 3.8) is 0 Å². The van der Waals surface area contributed by atoms with Crippen LogP contribution in [0.25, 0.3) is 0 Å². The molecular weight excluding hydrogens is 460 g/mol. The highest BCUT2D eigenvalue weighted by molar-refractivity contribution is 8.01. The van der Waals surface area contributed by atoms with E-state index in [1.807, 2.05) is 6.07 Å². The molecule has 2 aliphatic heterocycles. The first-order valence-corrected chi connectivity index (χ1v) is 11.5. The molecule has 4 atom stereocenters. The lowest BCUT2D eigenvalue weighted by Crippen LogP contribution is -2.71. The van der Waals surface area contributed by atoms with Crippen LogP contribution in [-0.2, 0) is 23.9 Å². The standard InChI is InChI=1S/C24H24N2O7S/c1-24(14-33-22(29)15-9-5-3-6-10-15)19(23(30)31-2)26-20(28)18(21(26)34-24)25-17(27)13-32-16-11-7-4-8-12-16/h3-12,18-19,21H,13-14H2,1-2H3,(H,25,27)/t18?,19?,21-,24+/m1/s1. The third kappa shape index (κ3) is 4.58. The van der Waals surface area contributed by atoms with E-state index >= 15 is 0 Å². The highest BCUT2D eigenvalue weighted by atomic mass is 32.2.